The molecule has 116 valence electrons. The van der Waals surface area contributed by atoms with Crippen LogP contribution in [0.2, 0.25) is 0 Å². The standard InChI is InChI=1S/C16H23FN2O2/c1-11(8-12-4-3-5-14(17)9-12)18-16(21)19(2)10-15(20)13-6-7-13/h3-5,9,11,13,15,20H,6-8,10H2,1-2H3,(H,18,21). The molecule has 2 amide bonds. The van der Waals surface area contributed by atoms with E-state index in [1.807, 2.05) is 13.0 Å². The summed E-state index contributed by atoms with van der Waals surface area (Å²) in [4.78, 5) is 13.5. The van der Waals surface area contributed by atoms with Crippen molar-refractivity contribution < 1.29 is 14.3 Å². The molecule has 0 radical (unpaired) electrons. The van der Waals surface area contributed by atoms with Crippen LogP contribution in [-0.2, 0) is 6.42 Å². The molecule has 2 atom stereocenters. The van der Waals surface area contributed by atoms with E-state index < -0.39 is 6.10 Å². The number of rotatable bonds is 6. The Balaban J connectivity index is 1.78. The molecule has 1 aliphatic carbocycles. The van der Waals surface area contributed by atoms with Crippen LogP contribution in [0.5, 0.6) is 0 Å². The Bertz CT molecular complexity index is 491. The molecular formula is C16H23FN2O2. The molecule has 1 aliphatic rings. The monoisotopic (exact) mass is 294 g/mol. The third kappa shape index (κ3) is 5.01. The number of likely N-dealkylation sites (N-methyl/N-ethyl adjacent to an activating group) is 1. The zero-order chi connectivity index (χ0) is 15.4. The first kappa shape index (κ1) is 15.8. The lowest BCUT2D eigenvalue weighted by Crippen LogP contribution is -2.45. The lowest BCUT2D eigenvalue weighted by atomic mass is 10.1. The highest BCUT2D eigenvalue weighted by Crippen LogP contribution is 2.32. The molecule has 1 aromatic rings. The topological polar surface area (TPSA) is 52.6 Å². The first-order valence-electron chi connectivity index (χ1n) is 7.40. The van der Waals surface area contributed by atoms with Crippen LogP contribution in [0.25, 0.3) is 0 Å². The smallest absolute Gasteiger partial charge is 0.317 e. The van der Waals surface area contributed by atoms with Crippen LogP contribution in [0.3, 0.4) is 0 Å². The van der Waals surface area contributed by atoms with E-state index in [1.54, 1.807) is 13.1 Å². The number of urea groups is 1. The van der Waals surface area contributed by atoms with Crippen molar-refractivity contribution >= 4 is 6.03 Å². The Hall–Kier alpha value is -1.62. The predicted molar refractivity (Wildman–Crippen MR) is 79.5 cm³/mol. The number of amides is 2. The number of hydrogen-bond donors (Lipinski definition) is 2. The van der Waals surface area contributed by atoms with Crippen LogP contribution in [0.15, 0.2) is 24.3 Å². The summed E-state index contributed by atoms with van der Waals surface area (Å²) in [5.41, 5.74) is 0.850. The van der Waals surface area contributed by atoms with Crippen molar-refractivity contribution in [1.29, 1.82) is 0 Å². The second kappa shape index (κ2) is 6.89. The van der Waals surface area contributed by atoms with Gasteiger partial charge in [-0.3, -0.25) is 0 Å². The van der Waals surface area contributed by atoms with Gasteiger partial charge in [-0.2, -0.15) is 0 Å². The number of carbonyl (C=O) groups is 1. The van der Waals surface area contributed by atoms with Gasteiger partial charge in [0.1, 0.15) is 5.82 Å². The summed E-state index contributed by atoms with van der Waals surface area (Å²) in [6.07, 6.45) is 2.24. The summed E-state index contributed by atoms with van der Waals surface area (Å²) >= 11 is 0. The van der Waals surface area contributed by atoms with E-state index in [0.29, 0.717) is 18.9 Å². The second-order valence-corrected chi connectivity index (χ2v) is 5.97. The number of aliphatic hydroxyl groups excluding tert-OH is 1. The Kier molecular flexibility index (Phi) is 5.17. The molecule has 1 aromatic carbocycles. The van der Waals surface area contributed by atoms with Gasteiger partial charge >= 0.3 is 6.03 Å². The van der Waals surface area contributed by atoms with Gasteiger partial charge in [-0.15, -0.1) is 0 Å². The largest absolute Gasteiger partial charge is 0.391 e. The van der Waals surface area contributed by atoms with Gasteiger partial charge in [0, 0.05) is 19.6 Å². The number of aliphatic hydroxyl groups is 1. The van der Waals surface area contributed by atoms with Crippen molar-refractivity contribution in [1.82, 2.24) is 10.2 Å². The highest BCUT2D eigenvalue weighted by Gasteiger charge is 2.31. The minimum atomic E-state index is -0.431. The maximum absolute atomic E-state index is 13.1. The average Bonchev–Trinajstić information content (AvgIpc) is 3.22. The van der Waals surface area contributed by atoms with Crippen LogP contribution in [0.4, 0.5) is 9.18 Å². The molecule has 5 heteroatoms. The van der Waals surface area contributed by atoms with E-state index in [2.05, 4.69) is 5.32 Å². The van der Waals surface area contributed by atoms with E-state index in [4.69, 9.17) is 0 Å². The zero-order valence-corrected chi connectivity index (χ0v) is 12.6. The van der Waals surface area contributed by atoms with Crippen LogP contribution < -0.4 is 5.32 Å². The van der Waals surface area contributed by atoms with Crippen molar-refractivity contribution in [2.24, 2.45) is 5.92 Å². The molecule has 0 heterocycles. The molecule has 2 rings (SSSR count). The molecule has 4 nitrogen and oxygen atoms in total. The normalized spacial score (nSPS) is 17.1. The number of nitrogens with one attached hydrogen (secondary N) is 1. The summed E-state index contributed by atoms with van der Waals surface area (Å²) < 4.78 is 13.1. The molecule has 0 saturated heterocycles. The van der Waals surface area contributed by atoms with Gasteiger partial charge in [0.05, 0.1) is 6.10 Å². The fourth-order valence-corrected chi connectivity index (χ4v) is 2.38. The predicted octanol–water partition coefficient (Wildman–Crippen LogP) is 2.17. The minimum Gasteiger partial charge on any atom is -0.391 e. The van der Waals surface area contributed by atoms with Crippen LogP contribution in [-0.4, -0.2) is 41.8 Å². The molecule has 2 unspecified atom stereocenters. The maximum atomic E-state index is 13.1. The molecule has 1 saturated carbocycles. The average molecular weight is 294 g/mol. The van der Waals surface area contributed by atoms with E-state index in [-0.39, 0.29) is 17.9 Å². The quantitative estimate of drug-likeness (QED) is 0.845. The molecular weight excluding hydrogens is 271 g/mol. The first-order chi connectivity index (χ1) is 9.95. The highest BCUT2D eigenvalue weighted by molar-refractivity contribution is 5.74. The lowest BCUT2D eigenvalue weighted by Gasteiger charge is -2.23. The van der Waals surface area contributed by atoms with E-state index in [0.717, 1.165) is 18.4 Å². The summed E-state index contributed by atoms with van der Waals surface area (Å²) in [6.45, 7) is 2.23. The molecule has 2 N–H and O–H groups in total. The second-order valence-electron chi connectivity index (χ2n) is 5.97. The van der Waals surface area contributed by atoms with E-state index >= 15 is 0 Å². The molecule has 0 aromatic heterocycles. The van der Waals surface area contributed by atoms with Crippen molar-refractivity contribution in [2.45, 2.75) is 38.3 Å². The van der Waals surface area contributed by atoms with Crippen molar-refractivity contribution in [2.75, 3.05) is 13.6 Å². The third-order valence-electron chi connectivity index (χ3n) is 3.77. The summed E-state index contributed by atoms with van der Waals surface area (Å²) in [5.74, 6) is 0.0840. The third-order valence-corrected chi connectivity index (χ3v) is 3.77. The molecule has 0 bridgehead atoms. The summed E-state index contributed by atoms with van der Waals surface area (Å²) in [7, 11) is 1.68. The van der Waals surface area contributed by atoms with E-state index in [1.165, 1.54) is 17.0 Å². The minimum absolute atomic E-state index is 0.0974. The Morgan fingerprint density at radius 1 is 1.52 bits per heavy atom. The van der Waals surface area contributed by atoms with Crippen LogP contribution in [0.1, 0.15) is 25.3 Å². The lowest BCUT2D eigenvalue weighted by molar-refractivity contribution is 0.112. The number of hydrogen-bond acceptors (Lipinski definition) is 2. The van der Waals surface area contributed by atoms with Gasteiger partial charge < -0.3 is 15.3 Å². The first-order valence-corrected chi connectivity index (χ1v) is 7.40. The van der Waals surface area contributed by atoms with Crippen LogP contribution >= 0.6 is 0 Å². The molecule has 21 heavy (non-hydrogen) atoms. The summed E-state index contributed by atoms with van der Waals surface area (Å²) in [6, 6.07) is 6.07. The van der Waals surface area contributed by atoms with E-state index in [9.17, 15) is 14.3 Å². The number of halogens is 1. The van der Waals surface area contributed by atoms with Gasteiger partial charge in [0.2, 0.25) is 0 Å². The molecule has 1 fully saturated rings. The number of carbonyl (C=O) groups excluding carboxylic acids is 1. The fraction of sp³-hybridized carbons (Fsp3) is 0.562. The highest BCUT2D eigenvalue weighted by atomic mass is 19.1. The van der Waals surface area contributed by atoms with Crippen LogP contribution in [0, 0.1) is 11.7 Å². The molecule has 0 aliphatic heterocycles. The maximum Gasteiger partial charge on any atom is 0.317 e. The Morgan fingerprint density at radius 3 is 2.86 bits per heavy atom. The van der Waals surface area contributed by atoms with Crippen molar-refractivity contribution in [3.8, 4) is 0 Å². The summed E-state index contributed by atoms with van der Waals surface area (Å²) in [5, 5.41) is 12.7. The Labute approximate surface area is 125 Å². The number of nitrogens with zero attached hydrogens (tertiary/aromatic N) is 1. The van der Waals surface area contributed by atoms with Gasteiger partial charge in [0.15, 0.2) is 0 Å². The van der Waals surface area contributed by atoms with Gasteiger partial charge in [0.25, 0.3) is 0 Å². The zero-order valence-electron chi connectivity index (χ0n) is 12.6. The van der Waals surface area contributed by atoms with Gasteiger partial charge in [-0.1, -0.05) is 12.1 Å². The Morgan fingerprint density at radius 2 is 2.24 bits per heavy atom. The van der Waals surface area contributed by atoms with Crippen molar-refractivity contribution in [3.63, 3.8) is 0 Å². The SMILES string of the molecule is CC(Cc1cccc(F)c1)NC(=O)N(C)CC(O)C1CC1. The van der Waals surface area contributed by atoms with Gasteiger partial charge in [-0.25, -0.2) is 9.18 Å². The fourth-order valence-electron chi connectivity index (χ4n) is 2.38. The van der Waals surface area contributed by atoms with Gasteiger partial charge in [-0.05, 0) is 49.8 Å². The number of benzene rings is 1. The van der Waals surface area contributed by atoms with Crippen molar-refractivity contribution in [3.05, 3.63) is 35.6 Å². The molecule has 0 spiro atoms.